The molecule has 0 aliphatic carbocycles. The molecule has 0 amide bonds. The molecular formula is C17H20N2. The number of aromatic nitrogens is 2. The first-order valence-corrected chi connectivity index (χ1v) is 6.75. The molecule has 19 heavy (non-hydrogen) atoms. The Labute approximate surface area is 114 Å². The van der Waals surface area contributed by atoms with Gasteiger partial charge in [0.25, 0.3) is 0 Å². The maximum Gasteiger partial charge on any atom is 0.0718 e. The summed E-state index contributed by atoms with van der Waals surface area (Å²) in [7, 11) is 2.15. The standard InChI is InChI=1S/C17H20N2/c1-9-7-11(3)18-14-8-10(2)17-16(15(9)14)12(4)13(5)19(17)6/h7-8H,1-6H3. The zero-order valence-corrected chi connectivity index (χ0v) is 12.5. The summed E-state index contributed by atoms with van der Waals surface area (Å²) in [5.41, 5.74) is 8.90. The summed E-state index contributed by atoms with van der Waals surface area (Å²) in [6.45, 7) is 10.8. The van der Waals surface area contributed by atoms with Crippen molar-refractivity contribution in [2.24, 2.45) is 7.05 Å². The molecule has 0 N–H and O–H groups in total. The summed E-state index contributed by atoms with van der Waals surface area (Å²) in [6.07, 6.45) is 0. The van der Waals surface area contributed by atoms with E-state index in [-0.39, 0.29) is 0 Å². The Morgan fingerprint density at radius 3 is 2.26 bits per heavy atom. The number of rotatable bonds is 0. The van der Waals surface area contributed by atoms with E-state index in [0.29, 0.717) is 0 Å². The van der Waals surface area contributed by atoms with Crippen LogP contribution < -0.4 is 0 Å². The molecule has 0 unspecified atom stereocenters. The number of hydrogen-bond donors (Lipinski definition) is 0. The van der Waals surface area contributed by atoms with Crippen LogP contribution in [-0.2, 0) is 7.05 Å². The van der Waals surface area contributed by atoms with E-state index in [1.807, 2.05) is 0 Å². The molecule has 0 saturated heterocycles. The molecule has 3 rings (SSSR count). The second-order valence-electron chi connectivity index (χ2n) is 5.66. The van der Waals surface area contributed by atoms with E-state index in [0.717, 1.165) is 11.2 Å². The van der Waals surface area contributed by atoms with Gasteiger partial charge in [0.15, 0.2) is 0 Å². The molecule has 0 fully saturated rings. The summed E-state index contributed by atoms with van der Waals surface area (Å²) in [5.74, 6) is 0. The lowest BCUT2D eigenvalue weighted by molar-refractivity contribution is 0.907. The predicted molar refractivity (Wildman–Crippen MR) is 81.9 cm³/mol. The highest BCUT2D eigenvalue weighted by Crippen LogP contribution is 2.35. The van der Waals surface area contributed by atoms with E-state index in [4.69, 9.17) is 4.98 Å². The molecule has 3 aromatic rings. The highest BCUT2D eigenvalue weighted by atomic mass is 14.9. The first-order chi connectivity index (χ1) is 8.91. The maximum atomic E-state index is 4.72. The van der Waals surface area contributed by atoms with Crippen LogP contribution in [0.4, 0.5) is 0 Å². The highest BCUT2D eigenvalue weighted by Gasteiger charge is 2.16. The Bertz CT molecular complexity index is 823. The molecule has 2 heterocycles. The molecule has 0 bridgehead atoms. The minimum Gasteiger partial charge on any atom is -0.347 e. The molecule has 0 atom stereocenters. The van der Waals surface area contributed by atoms with Gasteiger partial charge in [-0.1, -0.05) is 0 Å². The largest absolute Gasteiger partial charge is 0.347 e. The fraction of sp³-hybridized carbons (Fsp3) is 0.353. The second kappa shape index (κ2) is 3.83. The molecule has 2 nitrogen and oxygen atoms in total. The Morgan fingerprint density at radius 2 is 1.58 bits per heavy atom. The van der Waals surface area contributed by atoms with Gasteiger partial charge < -0.3 is 4.57 Å². The number of pyridine rings is 1. The summed E-state index contributed by atoms with van der Waals surface area (Å²) in [6, 6.07) is 4.40. The fourth-order valence-corrected chi connectivity index (χ4v) is 3.28. The Morgan fingerprint density at radius 1 is 0.895 bits per heavy atom. The maximum absolute atomic E-state index is 4.72. The molecule has 0 aliphatic rings. The lowest BCUT2D eigenvalue weighted by Crippen LogP contribution is -1.94. The molecule has 2 aromatic heterocycles. The molecule has 0 saturated carbocycles. The normalized spacial score (nSPS) is 11.7. The van der Waals surface area contributed by atoms with E-state index < -0.39 is 0 Å². The first-order valence-electron chi connectivity index (χ1n) is 6.75. The molecule has 0 radical (unpaired) electrons. The van der Waals surface area contributed by atoms with Gasteiger partial charge in [-0.3, -0.25) is 4.98 Å². The van der Waals surface area contributed by atoms with Crippen LogP contribution in [0.1, 0.15) is 28.1 Å². The number of fused-ring (bicyclic) bond motifs is 3. The van der Waals surface area contributed by atoms with Crippen LogP contribution >= 0.6 is 0 Å². The lowest BCUT2D eigenvalue weighted by atomic mass is 9.99. The summed E-state index contributed by atoms with van der Waals surface area (Å²) in [5, 5.41) is 2.69. The lowest BCUT2D eigenvalue weighted by Gasteiger charge is -2.09. The van der Waals surface area contributed by atoms with Crippen molar-refractivity contribution >= 4 is 21.8 Å². The Balaban J connectivity index is 2.70. The minimum atomic E-state index is 1.09. The van der Waals surface area contributed by atoms with Gasteiger partial charge in [0.1, 0.15) is 0 Å². The van der Waals surface area contributed by atoms with Gasteiger partial charge in [0.05, 0.1) is 11.0 Å². The topological polar surface area (TPSA) is 17.8 Å². The first kappa shape index (κ1) is 12.2. The van der Waals surface area contributed by atoms with E-state index in [2.05, 4.69) is 58.4 Å². The SMILES string of the molecule is Cc1cc(C)c2c(cc(C)c3c2c(C)c(C)n3C)n1. The molecular weight excluding hydrogens is 232 g/mol. The number of nitrogens with zero attached hydrogens (tertiary/aromatic N) is 2. The number of benzene rings is 1. The molecule has 2 heteroatoms. The van der Waals surface area contributed by atoms with Crippen LogP contribution in [0.15, 0.2) is 12.1 Å². The van der Waals surface area contributed by atoms with E-state index >= 15 is 0 Å². The zero-order chi connectivity index (χ0) is 13.9. The smallest absolute Gasteiger partial charge is 0.0718 e. The summed E-state index contributed by atoms with van der Waals surface area (Å²) < 4.78 is 2.30. The number of aryl methyl sites for hydroxylation is 5. The molecule has 98 valence electrons. The van der Waals surface area contributed by atoms with Crippen molar-refractivity contribution in [2.45, 2.75) is 34.6 Å². The van der Waals surface area contributed by atoms with Crippen LogP contribution in [-0.4, -0.2) is 9.55 Å². The molecule has 1 aromatic carbocycles. The van der Waals surface area contributed by atoms with Crippen molar-refractivity contribution < 1.29 is 0 Å². The third kappa shape index (κ3) is 1.52. The monoisotopic (exact) mass is 252 g/mol. The van der Waals surface area contributed by atoms with Gasteiger partial charge in [0, 0.05) is 29.2 Å². The van der Waals surface area contributed by atoms with Crippen molar-refractivity contribution in [2.75, 3.05) is 0 Å². The van der Waals surface area contributed by atoms with E-state index in [1.54, 1.807) is 0 Å². The average Bonchev–Trinajstić information content (AvgIpc) is 2.54. The molecule has 0 aliphatic heterocycles. The highest BCUT2D eigenvalue weighted by molar-refractivity contribution is 6.10. The Kier molecular flexibility index (Phi) is 2.46. The third-order valence-electron chi connectivity index (χ3n) is 4.34. The second-order valence-corrected chi connectivity index (χ2v) is 5.66. The van der Waals surface area contributed by atoms with Gasteiger partial charge in [-0.05, 0) is 63.4 Å². The van der Waals surface area contributed by atoms with Crippen LogP contribution in [0.2, 0.25) is 0 Å². The van der Waals surface area contributed by atoms with Crippen LogP contribution in [0.25, 0.3) is 21.8 Å². The van der Waals surface area contributed by atoms with Crippen LogP contribution in [0, 0.1) is 34.6 Å². The van der Waals surface area contributed by atoms with Gasteiger partial charge in [-0.2, -0.15) is 0 Å². The summed E-state index contributed by atoms with van der Waals surface area (Å²) in [4.78, 5) is 4.72. The van der Waals surface area contributed by atoms with Crippen molar-refractivity contribution in [3.05, 3.63) is 40.2 Å². The van der Waals surface area contributed by atoms with Gasteiger partial charge in [-0.25, -0.2) is 0 Å². The van der Waals surface area contributed by atoms with Crippen LogP contribution in [0.5, 0.6) is 0 Å². The quantitative estimate of drug-likeness (QED) is 0.584. The van der Waals surface area contributed by atoms with Crippen LogP contribution in [0.3, 0.4) is 0 Å². The average molecular weight is 252 g/mol. The Hall–Kier alpha value is -1.83. The van der Waals surface area contributed by atoms with Gasteiger partial charge in [-0.15, -0.1) is 0 Å². The number of hydrogen-bond acceptors (Lipinski definition) is 1. The van der Waals surface area contributed by atoms with Crippen molar-refractivity contribution in [3.63, 3.8) is 0 Å². The van der Waals surface area contributed by atoms with Gasteiger partial charge >= 0.3 is 0 Å². The minimum absolute atomic E-state index is 1.09. The predicted octanol–water partition coefficient (Wildman–Crippen LogP) is 4.27. The zero-order valence-electron chi connectivity index (χ0n) is 12.5. The molecule has 0 spiro atoms. The van der Waals surface area contributed by atoms with E-state index in [1.165, 1.54) is 38.7 Å². The van der Waals surface area contributed by atoms with Gasteiger partial charge in [0.2, 0.25) is 0 Å². The summed E-state index contributed by atoms with van der Waals surface area (Å²) >= 11 is 0. The fourth-order valence-electron chi connectivity index (χ4n) is 3.28. The van der Waals surface area contributed by atoms with Crippen molar-refractivity contribution in [1.29, 1.82) is 0 Å². The third-order valence-corrected chi connectivity index (χ3v) is 4.34. The van der Waals surface area contributed by atoms with E-state index in [9.17, 15) is 0 Å². The van der Waals surface area contributed by atoms with Crippen molar-refractivity contribution in [1.82, 2.24) is 9.55 Å². The van der Waals surface area contributed by atoms with Crippen molar-refractivity contribution in [3.8, 4) is 0 Å².